The zero-order valence-corrected chi connectivity index (χ0v) is 10.4. The van der Waals surface area contributed by atoms with E-state index < -0.39 is 0 Å². The number of rotatable bonds is 3. The zero-order chi connectivity index (χ0) is 13.1. The maximum absolute atomic E-state index is 13.3. The van der Waals surface area contributed by atoms with Crippen LogP contribution in [0.25, 0.3) is 0 Å². The van der Waals surface area contributed by atoms with Gasteiger partial charge in [0, 0.05) is 11.8 Å². The van der Waals surface area contributed by atoms with Gasteiger partial charge in [0.05, 0.1) is 11.6 Å². The van der Waals surface area contributed by atoms with E-state index in [1.807, 2.05) is 6.07 Å². The molecule has 0 saturated heterocycles. The topological polar surface area (TPSA) is 30.0 Å². The number of carbonyl (C=O) groups is 1. The van der Waals surface area contributed by atoms with Crippen LogP contribution < -0.4 is 0 Å². The second-order valence-electron chi connectivity index (χ2n) is 4.36. The molecule has 2 aromatic rings. The molecule has 0 fully saturated rings. The van der Waals surface area contributed by atoms with Crippen LogP contribution in [-0.2, 0) is 0 Å². The Morgan fingerprint density at radius 2 is 2.06 bits per heavy atom. The minimum absolute atomic E-state index is 0.115. The van der Waals surface area contributed by atoms with E-state index in [4.69, 9.17) is 0 Å². The van der Waals surface area contributed by atoms with Crippen molar-refractivity contribution in [1.82, 2.24) is 4.98 Å². The van der Waals surface area contributed by atoms with Crippen molar-refractivity contribution < 1.29 is 9.18 Å². The lowest BCUT2D eigenvalue weighted by Crippen LogP contribution is -2.11. The Balaban J connectivity index is 2.31. The molecule has 92 valence electrons. The van der Waals surface area contributed by atoms with Gasteiger partial charge in [-0.25, -0.2) is 4.39 Å². The first-order chi connectivity index (χ1) is 8.58. The lowest BCUT2D eigenvalue weighted by Gasteiger charge is -2.10. The zero-order valence-electron chi connectivity index (χ0n) is 10.4. The lowest BCUT2D eigenvalue weighted by atomic mass is 9.95. The van der Waals surface area contributed by atoms with Crippen LogP contribution >= 0.6 is 0 Å². The number of hydrogen-bond donors (Lipinski definition) is 0. The molecule has 2 nitrogen and oxygen atoms in total. The fourth-order valence-electron chi connectivity index (χ4n) is 1.90. The Kier molecular flexibility index (Phi) is 3.51. The minimum atomic E-state index is -0.383. The fraction of sp³-hybridized carbons (Fsp3) is 0.200. The number of aryl methyl sites for hydroxylation is 1. The molecule has 0 N–H and O–H groups in total. The van der Waals surface area contributed by atoms with Crippen molar-refractivity contribution in [1.29, 1.82) is 0 Å². The predicted octanol–water partition coefficient (Wildman–Crippen LogP) is 3.52. The second-order valence-corrected chi connectivity index (χ2v) is 4.36. The summed E-state index contributed by atoms with van der Waals surface area (Å²) in [5, 5.41) is 0. The van der Waals surface area contributed by atoms with Gasteiger partial charge in [-0.1, -0.05) is 6.07 Å². The summed E-state index contributed by atoms with van der Waals surface area (Å²) in [6.07, 6.45) is 1.65. The van der Waals surface area contributed by atoms with E-state index in [1.54, 1.807) is 38.2 Å². The first kappa shape index (κ1) is 12.4. The average molecular weight is 243 g/mol. The van der Waals surface area contributed by atoms with E-state index in [0.717, 1.165) is 5.56 Å². The summed E-state index contributed by atoms with van der Waals surface area (Å²) in [6.45, 7) is 3.55. The Morgan fingerprint density at radius 3 is 2.67 bits per heavy atom. The SMILES string of the molecule is Cc1cc(F)cc(C(=O)C(C)c2ccccn2)c1. The highest BCUT2D eigenvalue weighted by molar-refractivity contribution is 6.00. The second kappa shape index (κ2) is 5.08. The van der Waals surface area contributed by atoms with Crippen LogP contribution in [0.15, 0.2) is 42.6 Å². The molecule has 0 bridgehead atoms. The molecule has 1 heterocycles. The van der Waals surface area contributed by atoms with E-state index >= 15 is 0 Å². The monoisotopic (exact) mass is 243 g/mol. The molecule has 0 radical (unpaired) electrons. The van der Waals surface area contributed by atoms with Gasteiger partial charge < -0.3 is 0 Å². The van der Waals surface area contributed by atoms with Crippen LogP contribution in [0.3, 0.4) is 0 Å². The summed E-state index contributed by atoms with van der Waals surface area (Å²) in [4.78, 5) is 16.4. The third kappa shape index (κ3) is 2.62. The molecule has 3 heteroatoms. The van der Waals surface area contributed by atoms with Crippen molar-refractivity contribution in [3.63, 3.8) is 0 Å². The van der Waals surface area contributed by atoms with Gasteiger partial charge in [0.15, 0.2) is 5.78 Å². The Bertz CT molecular complexity index is 546. The first-order valence-electron chi connectivity index (χ1n) is 5.80. The number of pyridine rings is 1. The average Bonchev–Trinajstić information content (AvgIpc) is 2.37. The van der Waals surface area contributed by atoms with Crippen LogP contribution in [0.1, 0.15) is 34.5 Å². The smallest absolute Gasteiger partial charge is 0.171 e. The molecule has 1 aromatic carbocycles. The van der Waals surface area contributed by atoms with Crippen molar-refractivity contribution in [2.75, 3.05) is 0 Å². The van der Waals surface area contributed by atoms with Gasteiger partial charge in [0.2, 0.25) is 0 Å². The number of aromatic nitrogens is 1. The molecular weight excluding hydrogens is 229 g/mol. The number of Topliss-reactive ketones (excluding diaryl/α,β-unsaturated/α-hetero) is 1. The first-order valence-corrected chi connectivity index (χ1v) is 5.80. The number of carbonyl (C=O) groups excluding carboxylic acids is 1. The van der Waals surface area contributed by atoms with Gasteiger partial charge in [0.25, 0.3) is 0 Å². The fourth-order valence-corrected chi connectivity index (χ4v) is 1.90. The molecule has 2 rings (SSSR count). The third-order valence-electron chi connectivity index (χ3n) is 2.85. The molecule has 1 atom stereocenters. The maximum Gasteiger partial charge on any atom is 0.171 e. The number of ketones is 1. The normalized spacial score (nSPS) is 12.2. The molecule has 18 heavy (non-hydrogen) atoms. The molecule has 1 aromatic heterocycles. The summed E-state index contributed by atoms with van der Waals surface area (Å²) in [6, 6.07) is 9.81. The number of benzene rings is 1. The van der Waals surface area contributed by atoms with E-state index in [2.05, 4.69) is 4.98 Å². The van der Waals surface area contributed by atoms with Gasteiger partial charge in [-0.15, -0.1) is 0 Å². The maximum atomic E-state index is 13.3. The van der Waals surface area contributed by atoms with Crippen molar-refractivity contribution in [2.24, 2.45) is 0 Å². The molecule has 0 aliphatic rings. The van der Waals surface area contributed by atoms with Crippen molar-refractivity contribution in [3.05, 3.63) is 65.2 Å². The van der Waals surface area contributed by atoms with Crippen molar-refractivity contribution in [2.45, 2.75) is 19.8 Å². The summed E-state index contributed by atoms with van der Waals surface area (Å²) >= 11 is 0. The van der Waals surface area contributed by atoms with Crippen LogP contribution in [-0.4, -0.2) is 10.8 Å². The highest BCUT2D eigenvalue weighted by Gasteiger charge is 2.18. The van der Waals surface area contributed by atoms with Crippen LogP contribution in [0.5, 0.6) is 0 Å². The van der Waals surface area contributed by atoms with Gasteiger partial charge in [-0.2, -0.15) is 0 Å². The van der Waals surface area contributed by atoms with Gasteiger partial charge in [0.1, 0.15) is 5.82 Å². The van der Waals surface area contributed by atoms with Crippen LogP contribution in [0.2, 0.25) is 0 Å². The van der Waals surface area contributed by atoms with E-state index in [-0.39, 0.29) is 17.5 Å². The highest BCUT2D eigenvalue weighted by Crippen LogP contribution is 2.20. The number of nitrogens with zero attached hydrogens (tertiary/aromatic N) is 1. The summed E-state index contributed by atoms with van der Waals surface area (Å²) in [7, 11) is 0. The van der Waals surface area contributed by atoms with Gasteiger partial charge in [-0.05, 0) is 49.7 Å². The summed E-state index contributed by atoms with van der Waals surface area (Å²) < 4.78 is 13.3. The van der Waals surface area contributed by atoms with E-state index in [1.165, 1.54) is 12.1 Å². The number of hydrogen-bond acceptors (Lipinski definition) is 2. The molecule has 0 aliphatic carbocycles. The minimum Gasteiger partial charge on any atom is -0.293 e. The van der Waals surface area contributed by atoms with E-state index in [9.17, 15) is 9.18 Å². The number of halogens is 1. The Morgan fingerprint density at radius 1 is 1.28 bits per heavy atom. The molecule has 0 aliphatic heterocycles. The van der Waals surface area contributed by atoms with Crippen LogP contribution in [0, 0.1) is 12.7 Å². The molecule has 0 spiro atoms. The lowest BCUT2D eigenvalue weighted by molar-refractivity contribution is 0.0964. The highest BCUT2D eigenvalue weighted by atomic mass is 19.1. The standard InChI is InChI=1S/C15H14FNO/c1-10-7-12(9-13(16)8-10)15(18)11(2)14-5-3-4-6-17-14/h3-9,11H,1-2H3. The Labute approximate surface area is 105 Å². The van der Waals surface area contributed by atoms with E-state index in [0.29, 0.717) is 11.3 Å². The molecule has 0 saturated carbocycles. The summed E-state index contributed by atoms with van der Waals surface area (Å²) in [5.41, 5.74) is 1.83. The Hall–Kier alpha value is -2.03. The summed E-state index contributed by atoms with van der Waals surface area (Å²) in [5.74, 6) is -0.865. The van der Waals surface area contributed by atoms with Crippen molar-refractivity contribution >= 4 is 5.78 Å². The van der Waals surface area contributed by atoms with Crippen LogP contribution in [0.4, 0.5) is 4.39 Å². The largest absolute Gasteiger partial charge is 0.293 e. The molecular formula is C15H14FNO. The predicted molar refractivity (Wildman–Crippen MR) is 68.1 cm³/mol. The molecule has 0 amide bonds. The quantitative estimate of drug-likeness (QED) is 0.772. The van der Waals surface area contributed by atoms with Gasteiger partial charge in [-0.3, -0.25) is 9.78 Å². The van der Waals surface area contributed by atoms with Crippen molar-refractivity contribution in [3.8, 4) is 0 Å². The third-order valence-corrected chi connectivity index (χ3v) is 2.85. The van der Waals surface area contributed by atoms with Gasteiger partial charge >= 0.3 is 0 Å². The molecule has 1 unspecified atom stereocenters.